The number of carbonyl (C=O) groups is 2. The van der Waals surface area contributed by atoms with Crippen LogP contribution in [0.4, 0.5) is 0 Å². The normalized spacial score (nSPS) is 14.6. The van der Waals surface area contributed by atoms with Crippen LogP contribution < -0.4 is 10.1 Å². The standard InChI is InChI=1S/C33H40N2O3/c1-3-31(33(37)34-28-17-11-6-12-18-28)35(24-25-19-21-29(38-2)22-20-25)32(36)23-30(26-13-7-4-8-14-26)27-15-9-5-10-16-27/h4-5,7-10,13-16,19-22,28,30-31H,3,6,11-12,17-18,23-24H2,1-2H3,(H,34,37). The van der Waals surface area contributed by atoms with E-state index in [2.05, 4.69) is 29.6 Å². The summed E-state index contributed by atoms with van der Waals surface area (Å²) < 4.78 is 5.32. The van der Waals surface area contributed by atoms with Crippen LogP contribution in [-0.2, 0) is 16.1 Å². The summed E-state index contributed by atoms with van der Waals surface area (Å²) in [4.78, 5) is 29.5. The molecule has 1 atom stereocenters. The first-order valence-corrected chi connectivity index (χ1v) is 13.9. The first-order valence-electron chi connectivity index (χ1n) is 13.9. The number of hydrogen-bond donors (Lipinski definition) is 1. The number of methoxy groups -OCH3 is 1. The minimum absolute atomic E-state index is 0.0239. The van der Waals surface area contributed by atoms with Crippen molar-refractivity contribution in [3.63, 3.8) is 0 Å². The third-order valence-corrected chi connectivity index (χ3v) is 7.63. The van der Waals surface area contributed by atoms with Gasteiger partial charge in [0.1, 0.15) is 11.8 Å². The number of nitrogens with zero attached hydrogens (tertiary/aromatic N) is 1. The predicted octanol–water partition coefficient (Wildman–Crippen LogP) is 6.47. The van der Waals surface area contributed by atoms with Gasteiger partial charge in [-0.25, -0.2) is 0 Å². The lowest BCUT2D eigenvalue weighted by atomic mass is 9.88. The molecule has 0 spiro atoms. The largest absolute Gasteiger partial charge is 0.497 e. The molecule has 1 aliphatic carbocycles. The van der Waals surface area contributed by atoms with Gasteiger partial charge in [-0.3, -0.25) is 9.59 Å². The molecule has 3 aromatic rings. The molecule has 1 N–H and O–H groups in total. The van der Waals surface area contributed by atoms with Crippen LogP contribution in [0.3, 0.4) is 0 Å². The highest BCUT2D eigenvalue weighted by Gasteiger charge is 2.32. The summed E-state index contributed by atoms with van der Waals surface area (Å²) in [5.74, 6) is 0.602. The van der Waals surface area contributed by atoms with Gasteiger partial charge >= 0.3 is 0 Å². The lowest BCUT2D eigenvalue weighted by Gasteiger charge is -2.34. The van der Waals surface area contributed by atoms with E-state index in [1.165, 1.54) is 6.42 Å². The van der Waals surface area contributed by atoms with Gasteiger partial charge in [0.05, 0.1) is 7.11 Å². The average Bonchev–Trinajstić information content (AvgIpc) is 2.97. The Hall–Kier alpha value is -3.60. The minimum Gasteiger partial charge on any atom is -0.497 e. The quantitative estimate of drug-likeness (QED) is 0.320. The lowest BCUT2D eigenvalue weighted by molar-refractivity contribution is -0.142. The van der Waals surface area contributed by atoms with Gasteiger partial charge in [0, 0.05) is 24.9 Å². The third kappa shape index (κ3) is 7.25. The third-order valence-electron chi connectivity index (χ3n) is 7.63. The zero-order chi connectivity index (χ0) is 26.7. The van der Waals surface area contributed by atoms with Crippen LogP contribution in [0, 0.1) is 0 Å². The average molecular weight is 513 g/mol. The number of carbonyl (C=O) groups excluding carboxylic acids is 2. The van der Waals surface area contributed by atoms with Crippen LogP contribution in [0.5, 0.6) is 5.75 Å². The van der Waals surface area contributed by atoms with Crippen LogP contribution >= 0.6 is 0 Å². The van der Waals surface area contributed by atoms with Gasteiger partial charge in [-0.15, -0.1) is 0 Å². The van der Waals surface area contributed by atoms with E-state index in [4.69, 9.17) is 4.74 Å². The van der Waals surface area contributed by atoms with Gasteiger partial charge in [0.2, 0.25) is 11.8 Å². The molecule has 2 amide bonds. The van der Waals surface area contributed by atoms with E-state index in [0.29, 0.717) is 13.0 Å². The lowest BCUT2D eigenvalue weighted by Crippen LogP contribution is -2.51. The second kappa shape index (κ2) is 13.8. The smallest absolute Gasteiger partial charge is 0.243 e. The highest BCUT2D eigenvalue weighted by Crippen LogP contribution is 2.30. The van der Waals surface area contributed by atoms with E-state index in [0.717, 1.165) is 48.1 Å². The van der Waals surface area contributed by atoms with Gasteiger partial charge in [0.25, 0.3) is 0 Å². The molecule has 0 saturated heterocycles. The summed E-state index contributed by atoms with van der Waals surface area (Å²) >= 11 is 0. The maximum Gasteiger partial charge on any atom is 0.243 e. The zero-order valence-electron chi connectivity index (χ0n) is 22.6. The molecule has 5 heteroatoms. The topological polar surface area (TPSA) is 58.6 Å². The first-order chi connectivity index (χ1) is 18.6. The van der Waals surface area contributed by atoms with Gasteiger partial charge in [-0.2, -0.15) is 0 Å². The fraction of sp³-hybridized carbons (Fsp3) is 0.394. The van der Waals surface area contributed by atoms with Crippen molar-refractivity contribution in [3.8, 4) is 5.75 Å². The Kier molecular flexibility index (Phi) is 9.97. The molecule has 38 heavy (non-hydrogen) atoms. The van der Waals surface area contributed by atoms with Crippen molar-refractivity contribution >= 4 is 11.8 Å². The summed E-state index contributed by atoms with van der Waals surface area (Å²) in [5, 5.41) is 3.27. The van der Waals surface area contributed by atoms with E-state index in [9.17, 15) is 9.59 Å². The molecular weight excluding hydrogens is 472 g/mol. The van der Waals surface area contributed by atoms with Crippen molar-refractivity contribution in [1.29, 1.82) is 0 Å². The van der Waals surface area contributed by atoms with Crippen LogP contribution in [0.25, 0.3) is 0 Å². The first kappa shape index (κ1) is 27.4. The number of benzene rings is 3. The SMILES string of the molecule is CCC(C(=O)NC1CCCCC1)N(Cc1ccc(OC)cc1)C(=O)CC(c1ccccc1)c1ccccc1. The number of rotatable bonds is 11. The van der Waals surface area contributed by atoms with Crippen LogP contribution in [0.15, 0.2) is 84.9 Å². The molecular formula is C33H40N2O3. The number of ether oxygens (including phenoxy) is 1. The molecule has 0 aromatic heterocycles. The van der Waals surface area contributed by atoms with Crippen LogP contribution in [0.1, 0.15) is 74.5 Å². The molecule has 1 saturated carbocycles. The Morgan fingerprint density at radius 3 is 1.97 bits per heavy atom. The van der Waals surface area contributed by atoms with Crippen molar-refractivity contribution < 1.29 is 14.3 Å². The molecule has 200 valence electrons. The van der Waals surface area contributed by atoms with Crippen molar-refractivity contribution in [2.45, 2.75) is 76.4 Å². The Morgan fingerprint density at radius 2 is 1.45 bits per heavy atom. The summed E-state index contributed by atoms with van der Waals surface area (Å²) in [7, 11) is 1.64. The molecule has 3 aromatic carbocycles. The Labute approximate surface area is 227 Å². The van der Waals surface area contributed by atoms with Crippen LogP contribution in [-0.4, -0.2) is 35.9 Å². The van der Waals surface area contributed by atoms with E-state index in [1.807, 2.05) is 67.6 Å². The molecule has 0 heterocycles. The Morgan fingerprint density at radius 1 is 0.868 bits per heavy atom. The molecule has 0 bridgehead atoms. The van der Waals surface area contributed by atoms with E-state index in [1.54, 1.807) is 12.0 Å². The number of hydrogen-bond acceptors (Lipinski definition) is 3. The predicted molar refractivity (Wildman–Crippen MR) is 152 cm³/mol. The highest BCUT2D eigenvalue weighted by molar-refractivity contribution is 5.88. The molecule has 1 aliphatic rings. The zero-order valence-corrected chi connectivity index (χ0v) is 22.6. The summed E-state index contributed by atoms with van der Waals surface area (Å²) in [6, 6.07) is 27.7. The second-order valence-electron chi connectivity index (χ2n) is 10.2. The van der Waals surface area contributed by atoms with Gasteiger partial charge < -0.3 is 15.0 Å². The highest BCUT2D eigenvalue weighted by atomic mass is 16.5. The Balaban J connectivity index is 1.62. The molecule has 1 unspecified atom stereocenters. The second-order valence-corrected chi connectivity index (χ2v) is 10.2. The molecule has 0 aliphatic heterocycles. The maximum absolute atomic E-state index is 14.1. The summed E-state index contributed by atoms with van der Waals surface area (Å²) in [5.41, 5.74) is 3.16. The minimum atomic E-state index is -0.529. The maximum atomic E-state index is 14.1. The molecule has 1 fully saturated rings. The van der Waals surface area contributed by atoms with E-state index in [-0.39, 0.29) is 30.2 Å². The van der Waals surface area contributed by atoms with Crippen molar-refractivity contribution in [2.75, 3.05) is 7.11 Å². The number of amides is 2. The van der Waals surface area contributed by atoms with Gasteiger partial charge in [-0.05, 0) is 48.1 Å². The monoisotopic (exact) mass is 512 g/mol. The van der Waals surface area contributed by atoms with Crippen LogP contribution in [0.2, 0.25) is 0 Å². The van der Waals surface area contributed by atoms with E-state index < -0.39 is 6.04 Å². The van der Waals surface area contributed by atoms with Crippen molar-refractivity contribution in [2.24, 2.45) is 0 Å². The molecule has 0 radical (unpaired) electrons. The Bertz CT molecular complexity index is 1100. The van der Waals surface area contributed by atoms with E-state index >= 15 is 0 Å². The summed E-state index contributed by atoms with van der Waals surface area (Å²) in [6.07, 6.45) is 6.39. The molecule has 4 rings (SSSR count). The number of nitrogens with one attached hydrogen (secondary N) is 1. The molecule has 5 nitrogen and oxygen atoms in total. The van der Waals surface area contributed by atoms with Crippen molar-refractivity contribution in [1.82, 2.24) is 10.2 Å². The van der Waals surface area contributed by atoms with Crippen molar-refractivity contribution in [3.05, 3.63) is 102 Å². The summed E-state index contributed by atoms with van der Waals surface area (Å²) in [6.45, 7) is 2.36. The fourth-order valence-electron chi connectivity index (χ4n) is 5.48. The van der Waals surface area contributed by atoms with Gasteiger partial charge in [-0.1, -0.05) is 99.0 Å². The fourth-order valence-corrected chi connectivity index (χ4v) is 5.48. The van der Waals surface area contributed by atoms with Gasteiger partial charge in [0.15, 0.2) is 0 Å².